The van der Waals surface area contributed by atoms with E-state index in [4.69, 9.17) is 5.73 Å². The molecule has 0 unspecified atom stereocenters. The second kappa shape index (κ2) is 8.97. The van der Waals surface area contributed by atoms with E-state index in [0.717, 1.165) is 25.9 Å². The largest absolute Gasteiger partial charge is 0.342 e. The molecular weight excluding hydrogens is 261 g/mol. The average molecular weight is 286 g/mol. The number of hydrogen-bond donors (Lipinski definition) is 1. The minimum absolute atomic E-state index is 0. The van der Waals surface area contributed by atoms with E-state index in [0.29, 0.717) is 12.1 Å². The Labute approximate surface area is 117 Å². The lowest BCUT2D eigenvalue weighted by Gasteiger charge is -2.38. The molecule has 2 N–H and O–H groups in total. The van der Waals surface area contributed by atoms with Gasteiger partial charge in [0.25, 0.3) is 0 Å². The number of hydrogen-bond acceptors (Lipinski definition) is 3. The van der Waals surface area contributed by atoms with Crippen LogP contribution in [0.5, 0.6) is 0 Å². The number of likely N-dealkylation sites (tertiary alicyclic amines) is 1. The predicted octanol–water partition coefficient (Wildman–Crippen LogP) is 1.12. The first-order chi connectivity index (χ1) is 7.06. The quantitative estimate of drug-likeness (QED) is 0.846. The fraction of sp³-hybridized carbons (Fsp3) is 0.909. The summed E-state index contributed by atoms with van der Waals surface area (Å²) >= 11 is 0. The molecule has 4 nitrogen and oxygen atoms in total. The molecule has 0 aliphatic carbocycles. The van der Waals surface area contributed by atoms with Gasteiger partial charge in [0.05, 0.1) is 6.54 Å². The van der Waals surface area contributed by atoms with E-state index in [1.165, 1.54) is 0 Å². The van der Waals surface area contributed by atoms with Crippen molar-refractivity contribution < 1.29 is 4.79 Å². The number of piperidine rings is 1. The molecule has 1 amide bonds. The van der Waals surface area contributed by atoms with Gasteiger partial charge in [-0.3, -0.25) is 4.79 Å². The Morgan fingerprint density at radius 2 is 1.82 bits per heavy atom. The van der Waals surface area contributed by atoms with Gasteiger partial charge in [-0.2, -0.15) is 0 Å². The van der Waals surface area contributed by atoms with E-state index in [1.54, 1.807) is 0 Å². The van der Waals surface area contributed by atoms with Gasteiger partial charge in [-0.25, -0.2) is 0 Å². The van der Waals surface area contributed by atoms with E-state index >= 15 is 0 Å². The Morgan fingerprint density at radius 1 is 1.35 bits per heavy atom. The van der Waals surface area contributed by atoms with Crippen molar-refractivity contribution in [3.8, 4) is 0 Å². The molecule has 0 saturated carbocycles. The molecule has 17 heavy (non-hydrogen) atoms. The van der Waals surface area contributed by atoms with Crippen LogP contribution in [0.15, 0.2) is 0 Å². The third-order valence-electron chi connectivity index (χ3n) is 3.35. The highest BCUT2D eigenvalue weighted by atomic mass is 35.5. The molecule has 1 fully saturated rings. The van der Waals surface area contributed by atoms with Crippen LogP contribution in [-0.4, -0.2) is 54.5 Å². The van der Waals surface area contributed by atoms with Gasteiger partial charge >= 0.3 is 0 Å². The van der Waals surface area contributed by atoms with Gasteiger partial charge in [0, 0.05) is 32.2 Å². The summed E-state index contributed by atoms with van der Waals surface area (Å²) in [7, 11) is 1.87. The Morgan fingerprint density at radius 3 is 2.18 bits per heavy atom. The van der Waals surface area contributed by atoms with Crippen LogP contribution in [0.2, 0.25) is 0 Å². The van der Waals surface area contributed by atoms with Crippen molar-refractivity contribution in [3.63, 3.8) is 0 Å². The minimum Gasteiger partial charge on any atom is -0.342 e. The number of carbonyl (C=O) groups excluding carboxylic acids is 1. The van der Waals surface area contributed by atoms with Gasteiger partial charge in [-0.15, -0.1) is 24.8 Å². The first kappa shape index (κ1) is 19.3. The van der Waals surface area contributed by atoms with Gasteiger partial charge in [-0.1, -0.05) is 0 Å². The molecule has 0 bridgehead atoms. The zero-order chi connectivity index (χ0) is 11.4. The molecule has 0 aromatic carbocycles. The molecule has 0 aromatic rings. The molecule has 1 aliphatic rings. The van der Waals surface area contributed by atoms with E-state index in [9.17, 15) is 4.79 Å². The van der Waals surface area contributed by atoms with Crippen LogP contribution in [0.25, 0.3) is 0 Å². The van der Waals surface area contributed by atoms with Crippen molar-refractivity contribution in [2.45, 2.75) is 38.8 Å². The number of nitrogens with zero attached hydrogens (tertiary/aromatic N) is 2. The first-order valence-electron chi connectivity index (χ1n) is 5.76. The summed E-state index contributed by atoms with van der Waals surface area (Å²) < 4.78 is 0. The third-order valence-corrected chi connectivity index (χ3v) is 3.35. The van der Waals surface area contributed by atoms with E-state index in [-0.39, 0.29) is 37.3 Å². The van der Waals surface area contributed by atoms with Gasteiger partial charge in [0.15, 0.2) is 0 Å². The minimum atomic E-state index is 0. The van der Waals surface area contributed by atoms with Crippen LogP contribution < -0.4 is 5.73 Å². The van der Waals surface area contributed by atoms with Crippen molar-refractivity contribution >= 4 is 30.7 Å². The second-order valence-electron chi connectivity index (χ2n) is 4.57. The van der Waals surface area contributed by atoms with Crippen molar-refractivity contribution in [3.05, 3.63) is 0 Å². The van der Waals surface area contributed by atoms with Crippen LogP contribution in [-0.2, 0) is 4.79 Å². The number of amides is 1. The van der Waals surface area contributed by atoms with E-state index < -0.39 is 0 Å². The molecule has 0 aromatic heterocycles. The highest BCUT2D eigenvalue weighted by Gasteiger charge is 2.25. The third kappa shape index (κ3) is 5.42. The molecule has 1 aliphatic heterocycles. The summed E-state index contributed by atoms with van der Waals surface area (Å²) in [5, 5.41) is 0. The Bertz CT molecular complexity index is 219. The number of rotatable bonds is 3. The summed E-state index contributed by atoms with van der Waals surface area (Å²) in [6, 6.07) is 0.998. The van der Waals surface area contributed by atoms with E-state index in [1.807, 2.05) is 11.9 Å². The highest BCUT2D eigenvalue weighted by molar-refractivity contribution is 5.85. The van der Waals surface area contributed by atoms with Crippen molar-refractivity contribution in [1.82, 2.24) is 9.80 Å². The zero-order valence-corrected chi connectivity index (χ0v) is 12.5. The predicted molar refractivity (Wildman–Crippen MR) is 76.1 cm³/mol. The lowest BCUT2D eigenvalue weighted by atomic mass is 10.0. The van der Waals surface area contributed by atoms with E-state index in [2.05, 4.69) is 18.7 Å². The van der Waals surface area contributed by atoms with Gasteiger partial charge in [-0.05, 0) is 26.7 Å². The Balaban J connectivity index is 0. The Hall–Kier alpha value is -0.0300. The summed E-state index contributed by atoms with van der Waals surface area (Å²) in [6.07, 6.45) is 2.14. The number of nitrogens with two attached hydrogens (primary N) is 1. The van der Waals surface area contributed by atoms with Gasteiger partial charge < -0.3 is 15.5 Å². The number of halogens is 2. The summed E-state index contributed by atoms with van der Waals surface area (Å²) in [5.74, 6) is 0.0537. The Kier molecular flexibility index (Phi) is 10.2. The molecular formula is C11H25Cl2N3O. The zero-order valence-electron chi connectivity index (χ0n) is 10.9. The summed E-state index contributed by atoms with van der Waals surface area (Å²) in [6.45, 7) is 6.74. The van der Waals surface area contributed by atoms with Crippen molar-refractivity contribution in [1.29, 1.82) is 0 Å². The number of likely N-dealkylation sites (N-methyl/N-ethyl adjacent to an activating group) is 1. The standard InChI is InChI=1S/C11H23N3O.2ClH/c1-9(2)14-6-4-10(5-7-14)13(3)11(15)8-12;;/h9-10H,4-8,12H2,1-3H3;2*1H. The first-order valence-corrected chi connectivity index (χ1v) is 5.76. The maximum atomic E-state index is 11.4. The van der Waals surface area contributed by atoms with Gasteiger partial charge in [0.1, 0.15) is 0 Å². The second-order valence-corrected chi connectivity index (χ2v) is 4.57. The molecule has 1 rings (SSSR count). The molecule has 0 spiro atoms. The lowest BCUT2D eigenvalue weighted by Crippen LogP contribution is -2.48. The van der Waals surface area contributed by atoms with Crippen LogP contribution in [0, 0.1) is 0 Å². The number of carbonyl (C=O) groups is 1. The molecule has 0 atom stereocenters. The van der Waals surface area contributed by atoms with Crippen molar-refractivity contribution in [2.24, 2.45) is 5.73 Å². The van der Waals surface area contributed by atoms with Gasteiger partial charge in [0.2, 0.25) is 5.91 Å². The SMILES string of the molecule is CC(C)N1CCC(N(C)C(=O)CN)CC1.Cl.Cl. The molecule has 1 saturated heterocycles. The van der Waals surface area contributed by atoms with Crippen LogP contribution in [0.1, 0.15) is 26.7 Å². The van der Waals surface area contributed by atoms with Crippen molar-refractivity contribution in [2.75, 3.05) is 26.7 Å². The summed E-state index contributed by atoms with van der Waals surface area (Å²) in [5.41, 5.74) is 5.35. The molecule has 0 radical (unpaired) electrons. The highest BCUT2D eigenvalue weighted by Crippen LogP contribution is 2.16. The maximum Gasteiger partial charge on any atom is 0.236 e. The fourth-order valence-electron chi connectivity index (χ4n) is 2.14. The van der Waals surface area contributed by atoms with Crippen LogP contribution in [0.3, 0.4) is 0 Å². The monoisotopic (exact) mass is 285 g/mol. The normalized spacial score (nSPS) is 17.2. The van der Waals surface area contributed by atoms with Crippen LogP contribution >= 0.6 is 24.8 Å². The molecule has 6 heteroatoms. The topological polar surface area (TPSA) is 49.6 Å². The fourth-order valence-corrected chi connectivity index (χ4v) is 2.14. The lowest BCUT2D eigenvalue weighted by molar-refractivity contribution is -0.131. The van der Waals surface area contributed by atoms with Crippen LogP contribution in [0.4, 0.5) is 0 Å². The molecule has 1 heterocycles. The molecule has 104 valence electrons. The smallest absolute Gasteiger partial charge is 0.236 e. The average Bonchev–Trinajstić information content (AvgIpc) is 2.27. The maximum absolute atomic E-state index is 11.4. The summed E-state index contributed by atoms with van der Waals surface area (Å²) in [4.78, 5) is 15.7.